The number of carbonyl (C=O) groups is 18. The van der Waals surface area contributed by atoms with E-state index in [2.05, 4.69) is 94.7 Å². The molecule has 2 aromatic heterocycles. The Bertz CT molecular complexity index is 5310. The number of aliphatic hydroxyl groups is 2. The highest BCUT2D eigenvalue weighted by Gasteiger charge is 2.46. The summed E-state index contributed by atoms with van der Waals surface area (Å²) in [5.41, 5.74) is 20.9. The van der Waals surface area contributed by atoms with Gasteiger partial charge in [-0.15, -0.1) is 0 Å². The molecule has 27 N–H and O–H groups in total. The van der Waals surface area contributed by atoms with Crippen molar-refractivity contribution in [2.75, 3.05) is 55.4 Å². The summed E-state index contributed by atoms with van der Waals surface area (Å²) < 4.78 is 0. The number of H-pyrrole nitrogens is 2. The maximum atomic E-state index is 15.7. The second kappa shape index (κ2) is 55.9. The molecule has 6 heterocycles. The number of carboxylic acid groups (broad SMARTS) is 1. The molecule has 45 nitrogen and oxygen atoms in total. The van der Waals surface area contributed by atoms with E-state index in [9.17, 15) is 48.9 Å². The van der Waals surface area contributed by atoms with Crippen LogP contribution in [0.15, 0.2) is 91.5 Å². The molecular formula is C94H134N24O21S4. The van der Waals surface area contributed by atoms with Gasteiger partial charge in [-0.3, -0.25) is 91.7 Å². The summed E-state index contributed by atoms with van der Waals surface area (Å²) in [6.07, 6.45) is 0.463. The summed E-state index contributed by atoms with van der Waals surface area (Å²) in [5.74, 6) is -19.9. The summed E-state index contributed by atoms with van der Waals surface area (Å²) in [5, 5.41) is 81.8. The minimum absolute atomic E-state index is 0.0139. The molecule has 18 atom stereocenters. The second-order valence-electron chi connectivity index (χ2n) is 36.7. The Morgan fingerprint density at radius 1 is 0.538 bits per heavy atom. The number of fused-ring (bicyclic) bond motifs is 8. The summed E-state index contributed by atoms with van der Waals surface area (Å²) in [7, 11) is 0. The van der Waals surface area contributed by atoms with Gasteiger partial charge in [-0.25, -0.2) is 4.98 Å². The van der Waals surface area contributed by atoms with E-state index < -0.39 is 259 Å². The summed E-state index contributed by atoms with van der Waals surface area (Å²) in [6, 6.07) is -3.90. The Kier molecular flexibility index (Phi) is 44.6. The van der Waals surface area contributed by atoms with Crippen LogP contribution in [0.4, 0.5) is 0 Å². The Balaban J connectivity index is 1.19. The van der Waals surface area contributed by atoms with Crippen LogP contribution in [-0.2, 0) is 123 Å². The molecule has 4 aliphatic heterocycles. The van der Waals surface area contributed by atoms with Crippen molar-refractivity contribution in [3.63, 3.8) is 0 Å². The minimum Gasteiger partial charge on any atom is -0.481 e. The first-order valence-electron chi connectivity index (χ1n) is 47.5. The molecule has 17 amide bonds. The van der Waals surface area contributed by atoms with Crippen molar-refractivity contribution >= 4 is 170 Å². The summed E-state index contributed by atoms with van der Waals surface area (Å²) in [4.78, 5) is 278. The van der Waals surface area contributed by atoms with Crippen LogP contribution in [0.3, 0.4) is 0 Å². The third-order valence-corrected chi connectivity index (χ3v) is 28.2. The number of guanidine groups is 1. The summed E-state index contributed by atoms with van der Waals surface area (Å²) >= 11 is 4.57. The number of aliphatic carboxylic acids is 1. The van der Waals surface area contributed by atoms with Gasteiger partial charge in [0.15, 0.2) is 5.96 Å². The molecule has 9 rings (SSSR count). The van der Waals surface area contributed by atoms with Gasteiger partial charge in [0, 0.05) is 103 Å². The number of primary amides is 1. The molecule has 0 saturated carbocycles. The minimum atomic E-state index is -2.00. The quantitative estimate of drug-likeness (QED) is 0.0148. The van der Waals surface area contributed by atoms with Crippen molar-refractivity contribution in [3.05, 3.63) is 125 Å². The highest BCUT2D eigenvalue weighted by atomic mass is 32.2. The number of aliphatic hydroxyl groups excluding tert-OH is 2. The van der Waals surface area contributed by atoms with E-state index >= 15 is 52.7 Å². The number of nitrogens with zero attached hydrogens (tertiary/aromatic N) is 3. The topological polar surface area (TPSA) is 701 Å². The molecule has 4 bridgehead atoms. The Morgan fingerprint density at radius 3 is 1.64 bits per heavy atom. The first kappa shape index (κ1) is 114. The van der Waals surface area contributed by atoms with E-state index in [0.717, 1.165) is 47.1 Å². The lowest BCUT2D eigenvalue weighted by Gasteiger charge is -2.31. The van der Waals surface area contributed by atoms with Gasteiger partial charge in [0.1, 0.15) is 90.6 Å². The van der Waals surface area contributed by atoms with Crippen molar-refractivity contribution in [2.24, 2.45) is 29.0 Å². The van der Waals surface area contributed by atoms with Crippen LogP contribution in [0, 0.1) is 17.2 Å². The average molecular weight is 2060 g/mol. The van der Waals surface area contributed by atoms with Crippen LogP contribution in [0.5, 0.6) is 0 Å². The Labute approximate surface area is 844 Å². The zero-order chi connectivity index (χ0) is 104. The number of aromatic nitrogens is 3. The molecule has 0 radical (unpaired) electrons. The molecule has 0 spiro atoms. The zero-order valence-electron chi connectivity index (χ0n) is 81.1. The molecule has 4 aliphatic rings. The molecule has 49 heteroatoms. The first-order chi connectivity index (χ1) is 68.1. The number of hydrogen-bond donors (Lipinski definition) is 24. The number of rotatable bonds is 26. The maximum absolute atomic E-state index is 15.7. The van der Waals surface area contributed by atoms with Gasteiger partial charge < -0.3 is 132 Å². The number of hydrogen-bond acceptors (Lipinski definition) is 27. The van der Waals surface area contributed by atoms with Crippen molar-refractivity contribution in [2.45, 2.75) is 258 Å². The second-order valence-corrected chi connectivity index (χ2v) is 40.8. The number of carboxylic acids is 1. The number of aromatic amines is 2. The van der Waals surface area contributed by atoms with Gasteiger partial charge in [-0.05, 0) is 136 Å². The zero-order valence-corrected chi connectivity index (χ0v) is 84.3. The molecule has 143 heavy (non-hydrogen) atoms. The first-order valence-corrected chi connectivity index (χ1v) is 52.4. The van der Waals surface area contributed by atoms with Crippen molar-refractivity contribution in [1.29, 1.82) is 5.41 Å². The molecule has 5 aromatic rings. The standard InChI is InChI=1S/C94H134N24O21S4/c1-48(2)31-64-82(128)107-65(36-57-38-101-60-20-13-12-19-59(57)60)83(129)104-61(21-14-27-100-94(97)98)81(127)115-76(51(6)119)91(137)113-70-46-143-43-56-33-54(32-55(34-56)42-142-45-69(111-78(124)50(5)95)85(131)110-67(35-53-17-10-9-11-18-53)93(139)118-29-15-22-71(118)87(133)108-64)41-141-44-68(79(125)102-40-73(96)121)112-80(126)62(26-30-140-8)105-90(136)77(52(7)120)116-88(134)72-23-16-28-117(72)92(138)63(24-25-74(122)123)106-84(130)66(37-58-39-99-47-103-58)109-89(135)75(49(3)4)114-86(70)132/h9-13,17-20,32-34,38-39,47-52,61-72,75-77,101,119-120H,14-16,21-31,35-37,40-46,95H2,1-8H3,(H2,96,121)(H,99,103)(H,102,125)(H,104,129)(H,105,136)(H,106,130)(H,107,128)(H,108,133)(H,109,135)(H,110,131)(H,111,124)(H,112,126)(H,113,137)(H,114,132)(H,115,127)(H,116,134)(H,122,123)(H4,97,98,100)/t50-,51+,52+,61-,62-,63+,64-,65-,66-,67-,68-,69-,70-,71-,72-,75-,76-,77-/m0/s1. The molecule has 780 valence electrons. The predicted octanol–water partition coefficient (Wildman–Crippen LogP) is -3.08. The van der Waals surface area contributed by atoms with Crippen LogP contribution >= 0.6 is 47.0 Å². The number of benzene rings is 3. The van der Waals surface area contributed by atoms with E-state index in [1.165, 1.54) is 56.9 Å². The van der Waals surface area contributed by atoms with E-state index in [4.69, 9.17) is 22.6 Å². The SMILES string of the molecule is CSCC[C@@H]1NC(=O)[C@H]([C@@H](C)O)NC(=O)[C@@H]2CCCN2C(=O)[C@@H](CCC(=O)O)NC(=O)[C@H](Cc2c[nH]cn2)NC(=O)[C@H](C(C)C)NC(=O)[C@@H]2CSCc3cc(cc(c3)CSC[C@@H](C(=O)NCC(N)=O)NC1=O)CSC[C@H](NC(=O)[C@H](C)N)C(=O)N[C@@H](Cc1ccccc1)C(=O)N1CCC[C@H]1C(=O)N[C@@H](CC(C)C)C(=O)N[C@@H](Cc1c[nH]c3ccccc13)C(=O)N[C@@H](CCCNC(=N)N)C(=O)N[C@@H]([C@@H](C)O)C(=O)N2. The smallest absolute Gasteiger partial charge is 0.303 e. The van der Waals surface area contributed by atoms with Crippen molar-refractivity contribution in [3.8, 4) is 0 Å². The van der Waals surface area contributed by atoms with Crippen LogP contribution in [0.2, 0.25) is 0 Å². The number of thioether (sulfide) groups is 4. The van der Waals surface area contributed by atoms with Gasteiger partial charge >= 0.3 is 5.97 Å². The van der Waals surface area contributed by atoms with E-state index in [0.29, 0.717) is 45.1 Å². The lowest BCUT2D eigenvalue weighted by atomic mass is 9.99. The third-order valence-electron chi connectivity index (χ3n) is 24.3. The average Bonchev–Trinajstić information content (AvgIpc) is 1.76. The van der Waals surface area contributed by atoms with Crippen LogP contribution in [0.1, 0.15) is 146 Å². The molecule has 2 saturated heterocycles. The predicted molar refractivity (Wildman–Crippen MR) is 536 cm³/mol. The number of amides is 17. The molecule has 0 aliphatic carbocycles. The number of imidazole rings is 1. The number of nitrogens with two attached hydrogens (primary N) is 3. The van der Waals surface area contributed by atoms with Crippen molar-refractivity contribution < 1.29 is 102 Å². The highest BCUT2D eigenvalue weighted by Crippen LogP contribution is 2.29. The van der Waals surface area contributed by atoms with Crippen LogP contribution in [-0.4, -0.2) is 317 Å². The molecular weight excluding hydrogens is 1930 g/mol. The van der Waals surface area contributed by atoms with Gasteiger partial charge in [-0.2, -0.15) is 47.0 Å². The Hall–Kier alpha value is -12.6. The Morgan fingerprint density at radius 2 is 1.05 bits per heavy atom. The van der Waals surface area contributed by atoms with Gasteiger partial charge in [0.2, 0.25) is 100 Å². The van der Waals surface area contributed by atoms with Gasteiger partial charge in [0.05, 0.1) is 36.8 Å². The van der Waals surface area contributed by atoms with Crippen LogP contribution < -0.4 is 97.0 Å². The largest absolute Gasteiger partial charge is 0.481 e. The fourth-order valence-electron chi connectivity index (χ4n) is 16.8. The molecule has 0 unspecified atom stereocenters. The lowest BCUT2D eigenvalue weighted by Crippen LogP contribution is -2.63. The monoisotopic (exact) mass is 2060 g/mol. The maximum Gasteiger partial charge on any atom is 0.303 e. The fraction of sp³-hybridized carbons (Fsp3) is 0.553. The molecule has 3 aromatic carbocycles. The third kappa shape index (κ3) is 34.9. The fourth-order valence-corrected chi connectivity index (χ4v) is 20.2. The van der Waals surface area contributed by atoms with Crippen molar-refractivity contribution in [1.82, 2.24) is 105 Å². The lowest BCUT2D eigenvalue weighted by molar-refractivity contribution is -0.144. The normalized spacial score (nSPS) is 25.2. The van der Waals surface area contributed by atoms with Gasteiger partial charge in [0.25, 0.3) is 0 Å². The molecule has 2 fully saturated rings. The number of nitrogens with one attached hydrogen (secondary N) is 18. The van der Waals surface area contributed by atoms with E-state index in [1.807, 2.05) is 0 Å². The van der Waals surface area contributed by atoms with Gasteiger partial charge in [-0.1, -0.05) is 94.4 Å². The highest BCUT2D eigenvalue weighted by molar-refractivity contribution is 7.99. The summed E-state index contributed by atoms with van der Waals surface area (Å²) in [6.45, 7) is 9.52. The van der Waals surface area contributed by atoms with Crippen LogP contribution in [0.25, 0.3) is 10.9 Å². The van der Waals surface area contributed by atoms with E-state index in [-0.39, 0.29) is 124 Å². The number of para-hydroxylation sites is 1. The number of carbonyl (C=O) groups excluding carboxylic acids is 17. The van der Waals surface area contributed by atoms with E-state index in [1.54, 1.807) is 99.1 Å².